The van der Waals surface area contributed by atoms with Gasteiger partial charge in [-0.05, 0) is 74.7 Å². The van der Waals surface area contributed by atoms with Gasteiger partial charge < -0.3 is 19.5 Å². The monoisotopic (exact) mass is 519 g/mol. The lowest BCUT2D eigenvalue weighted by molar-refractivity contribution is -0.256. The number of hydrogen-bond acceptors (Lipinski definition) is 6. The fourth-order valence-electron chi connectivity index (χ4n) is 4.44. The maximum atomic E-state index is 14.3. The molecule has 1 aliphatic carbocycles. The topological polar surface area (TPSA) is 65.8 Å². The Morgan fingerprint density at radius 1 is 1.16 bits per heavy atom. The van der Waals surface area contributed by atoms with Crippen LogP contribution >= 0.6 is 12.2 Å². The van der Waals surface area contributed by atoms with Gasteiger partial charge in [0.05, 0.1) is 16.6 Å². The molecule has 0 saturated carbocycles. The second-order valence-corrected chi connectivity index (χ2v) is 9.16. The van der Waals surface area contributed by atoms with E-state index >= 15 is 0 Å². The number of halogens is 1. The third-order valence-electron chi connectivity index (χ3n) is 6.36. The first-order valence-corrected chi connectivity index (χ1v) is 12.3. The molecule has 3 rings (SSSR count). The molecule has 0 bridgehead atoms. The van der Waals surface area contributed by atoms with E-state index in [1.807, 2.05) is 60.2 Å². The van der Waals surface area contributed by atoms with Gasteiger partial charge in [0.25, 0.3) is 0 Å². The van der Waals surface area contributed by atoms with E-state index in [1.165, 1.54) is 17.7 Å². The van der Waals surface area contributed by atoms with Crippen LogP contribution in [0.5, 0.6) is 0 Å². The molecular weight excluding hydrogens is 489 g/mol. The van der Waals surface area contributed by atoms with E-state index in [4.69, 9.17) is 27.3 Å². The minimum atomic E-state index is -0.572. The fourth-order valence-corrected chi connectivity index (χ4v) is 4.83. The van der Waals surface area contributed by atoms with Crippen molar-refractivity contribution in [2.75, 3.05) is 23.5 Å². The van der Waals surface area contributed by atoms with Crippen LogP contribution in [0.15, 0.2) is 72.1 Å². The molecule has 2 aromatic carbocycles. The summed E-state index contributed by atoms with van der Waals surface area (Å²) < 4.78 is 14.3. The smallest absolute Gasteiger partial charge is 0.150 e. The van der Waals surface area contributed by atoms with Crippen molar-refractivity contribution in [3.63, 3.8) is 0 Å². The van der Waals surface area contributed by atoms with Crippen LogP contribution in [-0.4, -0.2) is 31.0 Å². The van der Waals surface area contributed by atoms with Crippen LogP contribution in [0.3, 0.4) is 0 Å². The maximum Gasteiger partial charge on any atom is 0.150 e. The van der Waals surface area contributed by atoms with Crippen molar-refractivity contribution in [1.29, 1.82) is 5.26 Å². The summed E-state index contributed by atoms with van der Waals surface area (Å²) in [4.78, 5) is 24.2. The number of carbonyl (C=O) groups is 1. The van der Waals surface area contributed by atoms with Crippen LogP contribution < -0.4 is 9.80 Å². The van der Waals surface area contributed by atoms with Gasteiger partial charge in [0.2, 0.25) is 0 Å². The van der Waals surface area contributed by atoms with E-state index in [0.29, 0.717) is 24.2 Å². The summed E-state index contributed by atoms with van der Waals surface area (Å²) in [5.74, 6) is 0.127. The zero-order valence-electron chi connectivity index (χ0n) is 21.4. The highest BCUT2D eigenvalue weighted by Crippen LogP contribution is 2.35. The van der Waals surface area contributed by atoms with E-state index in [-0.39, 0.29) is 12.2 Å². The maximum absolute atomic E-state index is 14.3. The van der Waals surface area contributed by atoms with Gasteiger partial charge >= 0.3 is 0 Å². The second-order valence-electron chi connectivity index (χ2n) is 8.95. The highest BCUT2D eigenvalue weighted by Gasteiger charge is 2.33. The molecular formula is C29H30FN3O3S. The molecule has 0 saturated heterocycles. The Balaban J connectivity index is 1.82. The van der Waals surface area contributed by atoms with Crippen LogP contribution in [0.25, 0.3) is 5.57 Å². The lowest BCUT2D eigenvalue weighted by Crippen LogP contribution is -2.48. The summed E-state index contributed by atoms with van der Waals surface area (Å²) in [7, 11) is 1.87. The zero-order chi connectivity index (χ0) is 27.0. The average molecular weight is 520 g/mol. The molecule has 0 radical (unpaired) electrons. The van der Waals surface area contributed by atoms with E-state index in [2.05, 4.69) is 26.0 Å². The van der Waals surface area contributed by atoms with E-state index in [1.54, 1.807) is 11.6 Å². The predicted molar refractivity (Wildman–Crippen MR) is 148 cm³/mol. The molecule has 0 unspecified atom stereocenters. The van der Waals surface area contributed by atoms with Gasteiger partial charge in [0.15, 0.2) is 0 Å². The minimum absolute atomic E-state index is 0.0117. The number of carbonyl (C=O) groups excluding carboxylic acids is 1. The quantitative estimate of drug-likeness (QED) is 0.111. The number of nitriles is 1. The first-order chi connectivity index (χ1) is 17.8. The summed E-state index contributed by atoms with van der Waals surface area (Å²) >= 11 is 5.43. The standard InChI is InChI=1S/C29H30FN3O3S/c1-5-28(32(4)25-13-8-23(19-31)27(30)18-25)29(2,3)33(20-37)24-11-6-21(7-12-24)22-9-14-26(15-10-22)36-35-17-16-34/h5-9,11-14,16,18,20H,10,15,17H2,1-4H3/b28-5-. The normalized spacial score (nSPS) is 13.7. The van der Waals surface area contributed by atoms with Crippen molar-refractivity contribution in [2.24, 2.45) is 0 Å². The van der Waals surface area contributed by atoms with Crippen molar-refractivity contribution >= 4 is 40.9 Å². The van der Waals surface area contributed by atoms with Gasteiger partial charge in [-0.2, -0.15) is 10.1 Å². The van der Waals surface area contributed by atoms with Crippen LogP contribution in [0, 0.1) is 17.1 Å². The molecule has 0 amide bonds. The Labute approximate surface area is 222 Å². The van der Waals surface area contributed by atoms with Gasteiger partial charge in [0, 0.05) is 30.5 Å². The Bertz CT molecular complexity index is 1280. The molecule has 0 aromatic heterocycles. The summed E-state index contributed by atoms with van der Waals surface area (Å²) in [6.07, 6.45) is 7.92. The number of allylic oxidation sites excluding steroid dienone is 5. The van der Waals surface area contributed by atoms with Crippen LogP contribution in [0.4, 0.5) is 15.8 Å². The highest BCUT2D eigenvalue weighted by molar-refractivity contribution is 7.79. The van der Waals surface area contributed by atoms with Crippen molar-refractivity contribution in [3.8, 4) is 6.07 Å². The Kier molecular flexibility index (Phi) is 9.34. The largest absolute Gasteiger partial charge is 0.346 e. The van der Waals surface area contributed by atoms with Gasteiger partial charge in [0.1, 0.15) is 30.5 Å². The number of likely N-dealkylation sites (N-methyl/N-ethyl adjacent to an activating group) is 1. The Morgan fingerprint density at radius 2 is 1.86 bits per heavy atom. The van der Waals surface area contributed by atoms with Crippen molar-refractivity contribution < 1.29 is 19.0 Å². The first kappa shape index (κ1) is 27.8. The zero-order valence-corrected chi connectivity index (χ0v) is 22.2. The molecule has 0 N–H and O–H groups in total. The minimum Gasteiger partial charge on any atom is -0.346 e. The van der Waals surface area contributed by atoms with E-state index < -0.39 is 11.4 Å². The Morgan fingerprint density at radius 3 is 2.41 bits per heavy atom. The van der Waals surface area contributed by atoms with E-state index in [9.17, 15) is 9.18 Å². The average Bonchev–Trinajstić information content (AvgIpc) is 2.90. The highest BCUT2D eigenvalue weighted by atomic mass is 32.1. The van der Waals surface area contributed by atoms with E-state index in [0.717, 1.165) is 23.4 Å². The third kappa shape index (κ3) is 6.31. The number of anilines is 2. The van der Waals surface area contributed by atoms with Crippen molar-refractivity contribution in [1.82, 2.24) is 0 Å². The molecule has 0 spiro atoms. The molecule has 192 valence electrons. The second kappa shape index (κ2) is 12.4. The molecule has 0 heterocycles. The van der Waals surface area contributed by atoms with Gasteiger partial charge in [-0.3, -0.25) is 0 Å². The number of rotatable bonds is 11. The van der Waals surface area contributed by atoms with Crippen molar-refractivity contribution in [3.05, 3.63) is 89.1 Å². The fraction of sp³-hybridized carbons (Fsp3) is 0.276. The SMILES string of the molecule is C/C=C(\N(C)c1ccc(C#N)c(F)c1)C(C)(C)N(C=S)c1ccc(C2=CC=C(OOCC=O)CC2)cc1. The lowest BCUT2D eigenvalue weighted by atomic mass is 9.94. The number of nitrogens with zero attached hydrogens (tertiary/aromatic N) is 3. The molecule has 0 aliphatic heterocycles. The molecule has 1 aliphatic rings. The molecule has 2 aromatic rings. The Hall–Kier alpha value is -3.80. The van der Waals surface area contributed by atoms with Gasteiger partial charge in [-0.15, -0.1) is 0 Å². The number of aldehydes is 1. The molecule has 8 heteroatoms. The lowest BCUT2D eigenvalue weighted by Gasteiger charge is -2.42. The molecule has 0 fully saturated rings. The molecule has 37 heavy (non-hydrogen) atoms. The van der Waals surface area contributed by atoms with Crippen LogP contribution in [0.1, 0.15) is 44.7 Å². The number of benzene rings is 2. The summed E-state index contributed by atoms with van der Waals surface area (Å²) in [6.45, 7) is 5.94. The molecule has 6 nitrogen and oxygen atoms in total. The number of thiocarbonyl (C=S) groups is 1. The van der Waals surface area contributed by atoms with Crippen LogP contribution in [-0.2, 0) is 14.6 Å². The summed E-state index contributed by atoms with van der Waals surface area (Å²) in [6, 6.07) is 14.6. The predicted octanol–water partition coefficient (Wildman–Crippen LogP) is 6.49. The first-order valence-electron chi connectivity index (χ1n) is 11.8. The van der Waals surface area contributed by atoms with Gasteiger partial charge in [-0.25, -0.2) is 4.39 Å². The van der Waals surface area contributed by atoms with Crippen molar-refractivity contribution in [2.45, 2.75) is 39.2 Å². The molecule has 0 atom stereocenters. The summed E-state index contributed by atoms with van der Waals surface area (Å²) in [5.41, 5.74) is 5.78. The van der Waals surface area contributed by atoms with Crippen LogP contribution in [0.2, 0.25) is 0 Å². The third-order valence-corrected chi connectivity index (χ3v) is 6.57. The number of hydrogen-bond donors (Lipinski definition) is 0. The van der Waals surface area contributed by atoms with Gasteiger partial charge in [-0.1, -0.05) is 36.5 Å². The summed E-state index contributed by atoms with van der Waals surface area (Å²) in [5, 5.41) is 9.05.